The quantitative estimate of drug-likeness (QED) is 0.873. The number of amides is 1. The van der Waals surface area contributed by atoms with E-state index in [2.05, 4.69) is 20.6 Å². The van der Waals surface area contributed by atoms with Crippen LogP contribution in [-0.2, 0) is 0 Å². The molecule has 2 rings (SSSR count). The summed E-state index contributed by atoms with van der Waals surface area (Å²) in [6.45, 7) is 1.88. The highest BCUT2D eigenvalue weighted by molar-refractivity contribution is 7.13. The second kappa shape index (κ2) is 4.92. The van der Waals surface area contributed by atoms with E-state index in [9.17, 15) is 4.79 Å². The molecule has 1 amide bonds. The molecule has 2 N–H and O–H groups in total. The first-order chi connectivity index (χ1) is 8.20. The van der Waals surface area contributed by atoms with E-state index in [4.69, 9.17) is 0 Å². The monoisotopic (exact) mass is 248 g/mol. The summed E-state index contributed by atoms with van der Waals surface area (Å²) < 4.78 is 0. The topological polar surface area (TPSA) is 66.9 Å². The van der Waals surface area contributed by atoms with E-state index in [1.165, 1.54) is 17.5 Å². The predicted octanol–water partition coefficient (Wildman–Crippen LogP) is 2.14. The van der Waals surface area contributed by atoms with Crippen molar-refractivity contribution in [2.24, 2.45) is 0 Å². The standard InChI is InChI=1S/C11H12N4OS/c1-7-6-17-11(14-7)15-10(16)8-5-13-4-3-9(8)12-2/h3-6H,1-2H3,(H,12,13)(H,14,15,16). The van der Waals surface area contributed by atoms with E-state index < -0.39 is 0 Å². The average molecular weight is 248 g/mol. The highest BCUT2D eigenvalue weighted by Gasteiger charge is 2.12. The first-order valence-electron chi connectivity index (χ1n) is 5.06. The Kier molecular flexibility index (Phi) is 3.34. The van der Waals surface area contributed by atoms with E-state index in [-0.39, 0.29) is 5.91 Å². The molecule has 0 atom stereocenters. The predicted molar refractivity (Wildman–Crippen MR) is 68.6 cm³/mol. The lowest BCUT2D eigenvalue weighted by Crippen LogP contribution is -2.14. The van der Waals surface area contributed by atoms with Crippen LogP contribution in [0.25, 0.3) is 0 Å². The lowest BCUT2D eigenvalue weighted by molar-refractivity contribution is 0.102. The van der Waals surface area contributed by atoms with Gasteiger partial charge < -0.3 is 5.32 Å². The first-order valence-corrected chi connectivity index (χ1v) is 5.94. The molecule has 0 saturated heterocycles. The Labute approximate surface area is 103 Å². The van der Waals surface area contributed by atoms with Crippen molar-refractivity contribution in [1.29, 1.82) is 0 Å². The summed E-state index contributed by atoms with van der Waals surface area (Å²) in [7, 11) is 1.76. The van der Waals surface area contributed by atoms with Gasteiger partial charge in [0.2, 0.25) is 0 Å². The lowest BCUT2D eigenvalue weighted by Gasteiger charge is -2.06. The summed E-state index contributed by atoms with van der Waals surface area (Å²) in [5, 5.41) is 8.17. The van der Waals surface area contributed by atoms with Gasteiger partial charge in [0.25, 0.3) is 5.91 Å². The third-order valence-corrected chi connectivity index (χ3v) is 3.05. The molecule has 0 radical (unpaired) electrons. The number of anilines is 2. The zero-order chi connectivity index (χ0) is 12.3. The van der Waals surface area contributed by atoms with Gasteiger partial charge in [0.05, 0.1) is 11.3 Å². The van der Waals surface area contributed by atoms with Gasteiger partial charge in [-0.15, -0.1) is 11.3 Å². The van der Waals surface area contributed by atoms with Gasteiger partial charge in [0.1, 0.15) is 0 Å². The molecule has 0 saturated carbocycles. The van der Waals surface area contributed by atoms with E-state index in [0.717, 1.165) is 11.4 Å². The number of aryl methyl sites for hydroxylation is 1. The van der Waals surface area contributed by atoms with Crippen molar-refractivity contribution in [3.63, 3.8) is 0 Å². The second-order valence-corrected chi connectivity index (χ2v) is 4.28. The van der Waals surface area contributed by atoms with Crippen LogP contribution in [-0.4, -0.2) is 22.9 Å². The van der Waals surface area contributed by atoms with E-state index in [1.807, 2.05) is 12.3 Å². The normalized spacial score (nSPS) is 10.0. The van der Waals surface area contributed by atoms with Gasteiger partial charge in [-0.1, -0.05) is 0 Å². The third-order valence-electron chi connectivity index (χ3n) is 2.17. The molecule has 0 aliphatic rings. The Hall–Kier alpha value is -1.95. The van der Waals surface area contributed by atoms with Crippen LogP contribution >= 0.6 is 11.3 Å². The fourth-order valence-electron chi connectivity index (χ4n) is 1.37. The number of carbonyl (C=O) groups excluding carboxylic acids is 1. The number of nitrogens with one attached hydrogen (secondary N) is 2. The van der Waals surface area contributed by atoms with Gasteiger partial charge in [-0.05, 0) is 13.0 Å². The SMILES string of the molecule is CNc1ccncc1C(=O)Nc1nc(C)cs1. The number of rotatable bonds is 3. The summed E-state index contributed by atoms with van der Waals surface area (Å²) in [6, 6.07) is 1.75. The molecule has 2 aromatic rings. The Morgan fingerprint density at radius 1 is 1.47 bits per heavy atom. The number of carbonyl (C=O) groups is 1. The highest BCUT2D eigenvalue weighted by atomic mass is 32.1. The molecule has 0 aromatic carbocycles. The Morgan fingerprint density at radius 2 is 2.29 bits per heavy atom. The minimum atomic E-state index is -0.211. The van der Waals surface area contributed by atoms with E-state index in [1.54, 1.807) is 19.3 Å². The van der Waals surface area contributed by atoms with E-state index >= 15 is 0 Å². The maximum Gasteiger partial charge on any atom is 0.261 e. The molecule has 0 aliphatic heterocycles. The lowest BCUT2D eigenvalue weighted by atomic mass is 10.2. The smallest absolute Gasteiger partial charge is 0.261 e. The maximum atomic E-state index is 12.0. The summed E-state index contributed by atoms with van der Waals surface area (Å²) in [5.74, 6) is -0.211. The van der Waals surface area contributed by atoms with Crippen molar-refractivity contribution < 1.29 is 4.79 Å². The van der Waals surface area contributed by atoms with Crippen LogP contribution < -0.4 is 10.6 Å². The summed E-state index contributed by atoms with van der Waals surface area (Å²) >= 11 is 1.40. The summed E-state index contributed by atoms with van der Waals surface area (Å²) in [4.78, 5) is 20.1. The van der Waals surface area contributed by atoms with Crippen LogP contribution in [0.4, 0.5) is 10.8 Å². The zero-order valence-corrected chi connectivity index (χ0v) is 10.3. The molecule has 6 heteroatoms. The number of hydrogen-bond acceptors (Lipinski definition) is 5. The first kappa shape index (κ1) is 11.5. The summed E-state index contributed by atoms with van der Waals surface area (Å²) in [6.07, 6.45) is 3.16. The molecular formula is C11H12N4OS. The number of hydrogen-bond donors (Lipinski definition) is 2. The average Bonchev–Trinajstić information content (AvgIpc) is 2.74. The molecule has 0 spiro atoms. The van der Waals surface area contributed by atoms with Gasteiger partial charge in [-0.25, -0.2) is 4.98 Å². The minimum absolute atomic E-state index is 0.211. The number of aromatic nitrogens is 2. The van der Waals surface area contributed by atoms with Gasteiger partial charge in [0, 0.05) is 30.5 Å². The summed E-state index contributed by atoms with van der Waals surface area (Å²) in [5.41, 5.74) is 2.14. The Bertz CT molecular complexity index is 538. The van der Waals surface area contributed by atoms with Crippen LogP contribution in [0.2, 0.25) is 0 Å². The van der Waals surface area contributed by atoms with Gasteiger partial charge >= 0.3 is 0 Å². The van der Waals surface area contributed by atoms with Gasteiger partial charge in [-0.2, -0.15) is 0 Å². The zero-order valence-electron chi connectivity index (χ0n) is 9.52. The molecule has 0 bridgehead atoms. The van der Waals surface area contributed by atoms with Crippen molar-refractivity contribution in [3.05, 3.63) is 35.1 Å². The molecule has 2 heterocycles. The molecule has 0 fully saturated rings. The van der Waals surface area contributed by atoms with Crippen molar-refractivity contribution in [2.75, 3.05) is 17.7 Å². The Morgan fingerprint density at radius 3 is 2.94 bits per heavy atom. The number of nitrogens with zero attached hydrogens (tertiary/aromatic N) is 2. The van der Waals surface area contributed by atoms with Gasteiger partial charge in [-0.3, -0.25) is 15.1 Å². The van der Waals surface area contributed by atoms with E-state index in [0.29, 0.717) is 10.7 Å². The molecule has 0 unspecified atom stereocenters. The molecule has 88 valence electrons. The molecule has 17 heavy (non-hydrogen) atoms. The molecular weight excluding hydrogens is 236 g/mol. The Balaban J connectivity index is 2.20. The van der Waals surface area contributed by atoms with Crippen LogP contribution in [0.3, 0.4) is 0 Å². The second-order valence-electron chi connectivity index (χ2n) is 3.42. The third kappa shape index (κ3) is 2.59. The number of thiazole rings is 1. The maximum absolute atomic E-state index is 12.0. The van der Waals surface area contributed by atoms with Crippen LogP contribution in [0.15, 0.2) is 23.8 Å². The molecule has 2 aromatic heterocycles. The minimum Gasteiger partial charge on any atom is -0.387 e. The fourth-order valence-corrected chi connectivity index (χ4v) is 2.05. The number of pyridine rings is 1. The van der Waals surface area contributed by atoms with Crippen molar-refractivity contribution in [2.45, 2.75) is 6.92 Å². The fraction of sp³-hybridized carbons (Fsp3) is 0.182. The molecule has 5 nitrogen and oxygen atoms in total. The van der Waals surface area contributed by atoms with Crippen LogP contribution in [0, 0.1) is 6.92 Å². The largest absolute Gasteiger partial charge is 0.387 e. The van der Waals surface area contributed by atoms with Crippen LogP contribution in [0.1, 0.15) is 16.1 Å². The van der Waals surface area contributed by atoms with Gasteiger partial charge in [0.15, 0.2) is 5.13 Å². The van der Waals surface area contributed by atoms with Crippen molar-refractivity contribution >= 4 is 28.1 Å². The van der Waals surface area contributed by atoms with Crippen molar-refractivity contribution in [3.8, 4) is 0 Å². The van der Waals surface area contributed by atoms with Crippen LogP contribution in [0.5, 0.6) is 0 Å². The molecule has 0 aliphatic carbocycles. The van der Waals surface area contributed by atoms with Crippen molar-refractivity contribution in [1.82, 2.24) is 9.97 Å². The highest BCUT2D eigenvalue weighted by Crippen LogP contribution is 2.18.